The number of hydrogen-bond donors (Lipinski definition) is 1. The van der Waals surface area contributed by atoms with E-state index in [2.05, 4.69) is 5.10 Å². The van der Waals surface area contributed by atoms with Gasteiger partial charge in [0.25, 0.3) is 5.91 Å². The van der Waals surface area contributed by atoms with Crippen LogP contribution in [-0.4, -0.2) is 56.1 Å². The Morgan fingerprint density at radius 3 is 2.72 bits per heavy atom. The first-order chi connectivity index (χ1) is 15.4. The van der Waals surface area contributed by atoms with Crippen LogP contribution < -0.4 is 5.43 Å². The molecule has 0 bridgehead atoms. The molecule has 8 nitrogen and oxygen atoms in total. The van der Waals surface area contributed by atoms with E-state index in [9.17, 15) is 23.5 Å². The van der Waals surface area contributed by atoms with Crippen LogP contribution >= 0.6 is 0 Å². The minimum absolute atomic E-state index is 0.0346. The van der Waals surface area contributed by atoms with E-state index in [1.165, 1.54) is 23.1 Å². The first kappa shape index (κ1) is 20.4. The lowest BCUT2D eigenvalue weighted by Gasteiger charge is -2.38. The Balaban J connectivity index is 1.55. The summed E-state index contributed by atoms with van der Waals surface area (Å²) >= 11 is 0. The van der Waals surface area contributed by atoms with E-state index >= 15 is 0 Å². The maximum absolute atomic E-state index is 14.0. The molecule has 2 aromatic heterocycles. The van der Waals surface area contributed by atoms with Crippen molar-refractivity contribution in [3.63, 3.8) is 0 Å². The lowest BCUT2D eigenvalue weighted by atomic mass is 10.0. The average Bonchev–Trinajstić information content (AvgIpc) is 3.42. The van der Waals surface area contributed by atoms with Gasteiger partial charge in [-0.15, -0.1) is 0 Å². The Morgan fingerprint density at radius 1 is 1.19 bits per heavy atom. The van der Waals surface area contributed by atoms with E-state index in [1.54, 1.807) is 15.7 Å². The molecule has 5 rings (SSSR count). The van der Waals surface area contributed by atoms with E-state index in [0.717, 1.165) is 12.1 Å². The highest BCUT2D eigenvalue weighted by atomic mass is 19.1. The van der Waals surface area contributed by atoms with Gasteiger partial charge in [0.05, 0.1) is 43.6 Å². The van der Waals surface area contributed by atoms with Crippen LogP contribution in [0.2, 0.25) is 0 Å². The zero-order chi connectivity index (χ0) is 22.6. The average molecular weight is 442 g/mol. The van der Waals surface area contributed by atoms with Gasteiger partial charge in [-0.05, 0) is 13.0 Å². The number of aromatic nitrogens is 3. The molecule has 1 fully saturated rings. The molecular weight excluding hydrogens is 422 g/mol. The van der Waals surface area contributed by atoms with Gasteiger partial charge in [0.1, 0.15) is 11.6 Å². The summed E-state index contributed by atoms with van der Waals surface area (Å²) in [5.41, 5.74) is 0.0744. The summed E-state index contributed by atoms with van der Waals surface area (Å²) in [7, 11) is 0. The van der Waals surface area contributed by atoms with Crippen molar-refractivity contribution in [2.45, 2.75) is 25.6 Å². The Morgan fingerprint density at radius 2 is 1.97 bits per heavy atom. The van der Waals surface area contributed by atoms with Crippen molar-refractivity contribution in [1.82, 2.24) is 19.2 Å². The summed E-state index contributed by atoms with van der Waals surface area (Å²) < 4.78 is 35.7. The lowest BCUT2D eigenvalue weighted by Crippen LogP contribution is -2.51. The Kier molecular flexibility index (Phi) is 4.81. The quantitative estimate of drug-likeness (QED) is 0.669. The van der Waals surface area contributed by atoms with E-state index < -0.39 is 28.7 Å². The molecule has 0 saturated carbocycles. The fourth-order valence-corrected chi connectivity index (χ4v) is 4.47. The van der Waals surface area contributed by atoms with Crippen molar-refractivity contribution in [3.8, 4) is 16.9 Å². The van der Waals surface area contributed by atoms with Crippen LogP contribution in [0, 0.1) is 11.6 Å². The lowest BCUT2D eigenvalue weighted by molar-refractivity contribution is 0.0571. The van der Waals surface area contributed by atoms with Crippen molar-refractivity contribution < 1.29 is 23.4 Å². The van der Waals surface area contributed by atoms with Gasteiger partial charge in [0.15, 0.2) is 11.4 Å². The third kappa shape index (κ3) is 3.10. The van der Waals surface area contributed by atoms with Crippen LogP contribution in [0.1, 0.15) is 29.0 Å². The number of halogens is 2. The van der Waals surface area contributed by atoms with Crippen LogP contribution in [-0.2, 0) is 11.3 Å². The van der Waals surface area contributed by atoms with Gasteiger partial charge < -0.3 is 19.3 Å². The van der Waals surface area contributed by atoms with Gasteiger partial charge in [-0.25, -0.2) is 8.78 Å². The van der Waals surface area contributed by atoms with Crippen molar-refractivity contribution in [2.24, 2.45) is 0 Å². The van der Waals surface area contributed by atoms with Crippen LogP contribution in [0.3, 0.4) is 0 Å². The molecule has 0 spiro atoms. The summed E-state index contributed by atoms with van der Waals surface area (Å²) in [5, 5.41) is 14.8. The van der Waals surface area contributed by atoms with Crippen molar-refractivity contribution in [3.05, 3.63) is 69.9 Å². The number of nitrogens with zero attached hydrogens (tertiary/aromatic N) is 4. The number of pyridine rings is 1. The van der Waals surface area contributed by atoms with Gasteiger partial charge >= 0.3 is 0 Å². The maximum atomic E-state index is 14.0. The van der Waals surface area contributed by atoms with E-state index in [-0.39, 0.29) is 35.4 Å². The number of amides is 1. The smallest absolute Gasteiger partial charge is 0.274 e. The molecule has 1 saturated heterocycles. The number of fused-ring (bicyclic) bond motifs is 3. The number of carbonyl (C=O) groups excluding carboxylic acids is 1. The maximum Gasteiger partial charge on any atom is 0.274 e. The number of carbonyl (C=O) groups is 1. The second-order valence-electron chi connectivity index (χ2n) is 7.90. The molecule has 1 amide bonds. The van der Waals surface area contributed by atoms with Crippen LogP contribution in [0.25, 0.3) is 11.1 Å². The molecule has 10 heteroatoms. The summed E-state index contributed by atoms with van der Waals surface area (Å²) in [6.07, 6.45) is 4.52. The highest BCUT2D eigenvalue weighted by molar-refractivity contribution is 5.97. The molecule has 0 radical (unpaired) electrons. The second-order valence-corrected chi connectivity index (χ2v) is 7.90. The number of likely N-dealkylation sites (N-methyl/N-ethyl adjacent to an activating group) is 1. The predicted molar refractivity (Wildman–Crippen MR) is 109 cm³/mol. The van der Waals surface area contributed by atoms with E-state index in [0.29, 0.717) is 25.3 Å². The molecule has 1 aromatic carbocycles. The molecule has 2 aliphatic heterocycles. The molecular formula is C22H20F2N4O4. The Hall–Kier alpha value is -3.53. The molecule has 32 heavy (non-hydrogen) atoms. The molecule has 166 valence electrons. The number of benzene rings is 1. The third-order valence-electron chi connectivity index (χ3n) is 6.09. The van der Waals surface area contributed by atoms with Gasteiger partial charge in [-0.2, -0.15) is 5.10 Å². The van der Waals surface area contributed by atoms with Crippen LogP contribution in [0.4, 0.5) is 8.78 Å². The predicted octanol–water partition coefficient (Wildman–Crippen LogP) is 2.16. The summed E-state index contributed by atoms with van der Waals surface area (Å²) in [4.78, 5) is 27.5. The molecule has 3 aromatic rings. The van der Waals surface area contributed by atoms with Gasteiger partial charge in [-0.3, -0.25) is 14.3 Å². The molecule has 0 unspecified atom stereocenters. The molecule has 2 atom stereocenters. The number of rotatable bonds is 4. The number of aromatic hydroxyl groups is 1. The fraction of sp³-hybridized carbons (Fsp3) is 0.318. The zero-order valence-corrected chi connectivity index (χ0v) is 17.2. The topological polar surface area (TPSA) is 89.6 Å². The van der Waals surface area contributed by atoms with Gasteiger partial charge in [0, 0.05) is 36.1 Å². The number of ether oxygens (including phenoxy) is 1. The summed E-state index contributed by atoms with van der Waals surface area (Å²) in [6.45, 7) is 3.04. The van der Waals surface area contributed by atoms with Crippen LogP contribution in [0.5, 0.6) is 5.75 Å². The van der Waals surface area contributed by atoms with E-state index in [4.69, 9.17) is 4.74 Å². The first-order valence-corrected chi connectivity index (χ1v) is 10.2. The SMILES string of the molecule is CCN1C(=O)c2c(O)c(=O)c(-c3cnn(Cc4ccc(F)cc4F)c3)cn2[C@@H]2COC[C@@H]21. The third-order valence-corrected chi connectivity index (χ3v) is 6.09. The Labute approximate surface area is 181 Å². The largest absolute Gasteiger partial charge is 0.503 e. The standard InChI is InChI=1S/C22H20F2N4O4/c1-2-27-17-10-32-11-18(17)28-9-15(20(29)21(30)19(28)22(27)31)13-6-25-26(8-13)7-12-3-4-14(23)5-16(12)24/h3-6,8-9,17-18,30H,2,7,10-11H2,1H3/t17-,18+/m0/s1. The van der Waals surface area contributed by atoms with Crippen molar-refractivity contribution >= 4 is 5.91 Å². The normalized spacial score (nSPS) is 19.8. The second kappa shape index (κ2) is 7.56. The van der Waals surface area contributed by atoms with Gasteiger partial charge in [-0.1, -0.05) is 6.07 Å². The Bertz CT molecular complexity index is 1290. The van der Waals surface area contributed by atoms with Crippen LogP contribution in [0.15, 0.2) is 41.6 Å². The molecule has 2 aliphatic rings. The highest BCUT2D eigenvalue weighted by Gasteiger charge is 2.44. The highest BCUT2D eigenvalue weighted by Crippen LogP contribution is 2.35. The fourth-order valence-electron chi connectivity index (χ4n) is 4.47. The number of hydrogen-bond acceptors (Lipinski definition) is 5. The summed E-state index contributed by atoms with van der Waals surface area (Å²) in [6, 6.07) is 2.88. The van der Waals surface area contributed by atoms with Crippen molar-refractivity contribution in [2.75, 3.05) is 19.8 Å². The molecule has 1 N–H and O–H groups in total. The minimum Gasteiger partial charge on any atom is -0.503 e. The monoisotopic (exact) mass is 442 g/mol. The van der Waals surface area contributed by atoms with E-state index in [1.807, 2.05) is 6.92 Å². The molecule has 4 heterocycles. The summed E-state index contributed by atoms with van der Waals surface area (Å²) in [5.74, 6) is -2.40. The minimum atomic E-state index is -0.695. The molecule has 0 aliphatic carbocycles. The van der Waals surface area contributed by atoms with Gasteiger partial charge in [0.2, 0.25) is 5.43 Å². The zero-order valence-electron chi connectivity index (χ0n) is 17.2. The first-order valence-electron chi connectivity index (χ1n) is 10.2. The van der Waals surface area contributed by atoms with Crippen molar-refractivity contribution in [1.29, 1.82) is 0 Å².